The summed E-state index contributed by atoms with van der Waals surface area (Å²) in [6.07, 6.45) is 2.23. The van der Waals surface area contributed by atoms with Crippen LogP contribution >= 0.6 is 0 Å². The summed E-state index contributed by atoms with van der Waals surface area (Å²) in [6.45, 7) is 5.05. The van der Waals surface area contributed by atoms with Crippen molar-refractivity contribution in [2.75, 3.05) is 20.2 Å². The zero-order valence-electron chi connectivity index (χ0n) is 11.1. The minimum Gasteiger partial charge on any atom is -0.497 e. The Hall–Kier alpha value is -1.35. The van der Waals surface area contributed by atoms with Gasteiger partial charge in [-0.15, -0.1) is 0 Å². The number of carbonyl (C=O) groups excluding carboxylic acids is 1. The predicted octanol–water partition coefficient (Wildman–Crippen LogP) is 2.35. The lowest BCUT2D eigenvalue weighted by Crippen LogP contribution is -2.39. The molecule has 0 amide bonds. The molecule has 98 valence electrons. The van der Waals surface area contributed by atoms with E-state index in [2.05, 4.69) is 24.0 Å². The smallest absolute Gasteiger partial charge is 0.124 e. The highest BCUT2D eigenvalue weighted by atomic mass is 16.5. The molecule has 1 aromatic rings. The lowest BCUT2D eigenvalue weighted by atomic mass is 9.88. The molecule has 0 aliphatic carbocycles. The molecule has 18 heavy (non-hydrogen) atoms. The fourth-order valence-corrected chi connectivity index (χ4v) is 2.48. The zero-order chi connectivity index (χ0) is 13.0. The topological polar surface area (TPSA) is 29.5 Å². The number of ether oxygens (including phenoxy) is 1. The van der Waals surface area contributed by atoms with Gasteiger partial charge in [-0.3, -0.25) is 4.90 Å². The molecule has 1 fully saturated rings. The van der Waals surface area contributed by atoms with Crippen LogP contribution in [-0.4, -0.2) is 31.4 Å². The summed E-state index contributed by atoms with van der Waals surface area (Å²) in [5.74, 6) is 1.60. The summed E-state index contributed by atoms with van der Waals surface area (Å²) in [7, 11) is 1.68. The van der Waals surface area contributed by atoms with Crippen LogP contribution in [0.4, 0.5) is 0 Å². The van der Waals surface area contributed by atoms with E-state index in [0.29, 0.717) is 5.92 Å². The fraction of sp³-hybridized carbons (Fsp3) is 0.533. The van der Waals surface area contributed by atoms with Gasteiger partial charge >= 0.3 is 0 Å². The van der Waals surface area contributed by atoms with Crippen molar-refractivity contribution >= 4 is 6.29 Å². The van der Waals surface area contributed by atoms with Crippen molar-refractivity contribution in [3.8, 4) is 5.75 Å². The Morgan fingerprint density at radius 1 is 1.39 bits per heavy atom. The molecular formula is C15H21NO2. The number of likely N-dealkylation sites (tertiary alicyclic amines) is 1. The number of benzene rings is 1. The van der Waals surface area contributed by atoms with E-state index < -0.39 is 0 Å². The van der Waals surface area contributed by atoms with Gasteiger partial charge in [-0.25, -0.2) is 0 Å². The van der Waals surface area contributed by atoms with Gasteiger partial charge < -0.3 is 9.53 Å². The molecule has 1 aromatic carbocycles. The number of rotatable bonds is 4. The quantitative estimate of drug-likeness (QED) is 0.765. The second-order valence-corrected chi connectivity index (χ2v) is 5.15. The van der Waals surface area contributed by atoms with Crippen molar-refractivity contribution in [1.82, 2.24) is 4.90 Å². The molecule has 0 bridgehead atoms. The average molecular weight is 247 g/mol. The highest BCUT2D eigenvalue weighted by Crippen LogP contribution is 2.23. The van der Waals surface area contributed by atoms with Gasteiger partial charge in [0.05, 0.1) is 7.11 Å². The van der Waals surface area contributed by atoms with E-state index in [1.807, 2.05) is 12.1 Å². The molecule has 0 N–H and O–H groups in total. The van der Waals surface area contributed by atoms with Crippen LogP contribution in [0.5, 0.6) is 5.75 Å². The lowest BCUT2D eigenvalue weighted by molar-refractivity contribution is -0.114. The Balaban J connectivity index is 1.94. The highest BCUT2D eigenvalue weighted by Gasteiger charge is 2.25. The van der Waals surface area contributed by atoms with Crippen LogP contribution in [0.2, 0.25) is 0 Å². The molecule has 2 atom stereocenters. The van der Waals surface area contributed by atoms with Crippen LogP contribution in [-0.2, 0) is 11.3 Å². The Bertz CT molecular complexity index is 388. The summed E-state index contributed by atoms with van der Waals surface area (Å²) >= 11 is 0. The van der Waals surface area contributed by atoms with Crippen LogP contribution in [0.3, 0.4) is 0 Å². The van der Waals surface area contributed by atoms with Crippen molar-refractivity contribution in [1.29, 1.82) is 0 Å². The number of hydrogen-bond donors (Lipinski definition) is 0. The summed E-state index contributed by atoms with van der Waals surface area (Å²) in [5.41, 5.74) is 1.27. The van der Waals surface area contributed by atoms with Crippen LogP contribution in [0.25, 0.3) is 0 Å². The summed E-state index contributed by atoms with van der Waals surface area (Å²) in [6, 6.07) is 8.15. The largest absolute Gasteiger partial charge is 0.497 e. The van der Waals surface area contributed by atoms with Gasteiger partial charge in [0.2, 0.25) is 0 Å². The third-order valence-corrected chi connectivity index (χ3v) is 3.84. The SMILES string of the molecule is COc1ccc(CN2CC[C@H](C)[C@H](C=O)C2)cc1. The number of piperidine rings is 1. The van der Waals surface area contributed by atoms with E-state index in [1.165, 1.54) is 5.56 Å². The monoisotopic (exact) mass is 247 g/mol. The van der Waals surface area contributed by atoms with E-state index in [9.17, 15) is 4.79 Å². The molecule has 1 saturated heterocycles. The number of nitrogens with zero attached hydrogens (tertiary/aromatic N) is 1. The third-order valence-electron chi connectivity index (χ3n) is 3.84. The Morgan fingerprint density at radius 2 is 2.11 bits per heavy atom. The molecular weight excluding hydrogens is 226 g/mol. The molecule has 3 heteroatoms. The van der Waals surface area contributed by atoms with Gasteiger partial charge in [0.25, 0.3) is 0 Å². The first-order valence-electron chi connectivity index (χ1n) is 6.53. The molecule has 0 unspecified atom stereocenters. The van der Waals surface area contributed by atoms with E-state index in [1.54, 1.807) is 7.11 Å². The standard InChI is InChI=1S/C15H21NO2/c1-12-7-8-16(10-14(12)11-17)9-13-3-5-15(18-2)6-4-13/h3-6,11-12,14H,7-10H2,1-2H3/t12-,14-/m0/s1. The van der Waals surface area contributed by atoms with Gasteiger partial charge in [0.15, 0.2) is 0 Å². The maximum atomic E-state index is 11.0. The summed E-state index contributed by atoms with van der Waals surface area (Å²) in [4.78, 5) is 13.4. The maximum Gasteiger partial charge on any atom is 0.124 e. The van der Waals surface area contributed by atoms with E-state index in [4.69, 9.17) is 4.74 Å². The van der Waals surface area contributed by atoms with Crippen LogP contribution in [0.1, 0.15) is 18.9 Å². The van der Waals surface area contributed by atoms with Crippen molar-refractivity contribution in [2.45, 2.75) is 19.9 Å². The predicted molar refractivity (Wildman–Crippen MR) is 71.6 cm³/mol. The third kappa shape index (κ3) is 3.10. The molecule has 0 spiro atoms. The lowest BCUT2D eigenvalue weighted by Gasteiger charge is -2.34. The van der Waals surface area contributed by atoms with Crippen LogP contribution in [0.15, 0.2) is 24.3 Å². The normalized spacial score (nSPS) is 24.8. The van der Waals surface area contributed by atoms with Gasteiger partial charge in [-0.1, -0.05) is 19.1 Å². The molecule has 1 heterocycles. The Labute approximate surface area is 109 Å². The van der Waals surface area contributed by atoms with Crippen molar-refractivity contribution in [3.63, 3.8) is 0 Å². The van der Waals surface area contributed by atoms with Gasteiger partial charge in [-0.05, 0) is 36.6 Å². The molecule has 0 aromatic heterocycles. The number of hydrogen-bond acceptors (Lipinski definition) is 3. The maximum absolute atomic E-state index is 11.0. The second kappa shape index (κ2) is 6.01. The van der Waals surface area contributed by atoms with E-state index in [-0.39, 0.29) is 5.92 Å². The zero-order valence-corrected chi connectivity index (χ0v) is 11.1. The molecule has 1 aliphatic rings. The molecule has 3 nitrogen and oxygen atoms in total. The number of carbonyl (C=O) groups is 1. The fourth-order valence-electron chi connectivity index (χ4n) is 2.48. The highest BCUT2D eigenvalue weighted by molar-refractivity contribution is 5.54. The first kappa shape index (κ1) is 13.1. The van der Waals surface area contributed by atoms with E-state index >= 15 is 0 Å². The minimum absolute atomic E-state index is 0.192. The van der Waals surface area contributed by atoms with Crippen LogP contribution < -0.4 is 4.74 Å². The van der Waals surface area contributed by atoms with Gasteiger partial charge in [0.1, 0.15) is 12.0 Å². The van der Waals surface area contributed by atoms with Gasteiger partial charge in [0, 0.05) is 19.0 Å². The average Bonchev–Trinajstić information content (AvgIpc) is 2.42. The number of aldehydes is 1. The summed E-state index contributed by atoms with van der Waals surface area (Å²) in [5, 5.41) is 0. The number of methoxy groups -OCH3 is 1. The summed E-state index contributed by atoms with van der Waals surface area (Å²) < 4.78 is 5.15. The second-order valence-electron chi connectivity index (χ2n) is 5.15. The first-order chi connectivity index (χ1) is 8.72. The van der Waals surface area contributed by atoms with Gasteiger partial charge in [-0.2, -0.15) is 0 Å². The van der Waals surface area contributed by atoms with Crippen molar-refractivity contribution in [2.24, 2.45) is 11.8 Å². The molecule has 0 saturated carbocycles. The van der Waals surface area contributed by atoms with Crippen LogP contribution in [0, 0.1) is 11.8 Å². The molecule has 1 aliphatic heterocycles. The minimum atomic E-state index is 0.192. The Kier molecular flexibility index (Phi) is 4.37. The first-order valence-corrected chi connectivity index (χ1v) is 6.53. The van der Waals surface area contributed by atoms with Crippen molar-refractivity contribution in [3.05, 3.63) is 29.8 Å². The Morgan fingerprint density at radius 3 is 2.72 bits per heavy atom. The van der Waals surface area contributed by atoms with E-state index in [0.717, 1.165) is 38.1 Å². The molecule has 2 rings (SSSR count). The van der Waals surface area contributed by atoms with Crippen molar-refractivity contribution < 1.29 is 9.53 Å². The molecule has 0 radical (unpaired) electrons.